The summed E-state index contributed by atoms with van der Waals surface area (Å²) in [6.45, 7) is 2.54. The molecular formula is C28H22IP. The van der Waals surface area contributed by atoms with Gasteiger partial charge in [0.2, 0.25) is 0 Å². The first-order valence-electron chi connectivity index (χ1n) is 10.2. The van der Waals surface area contributed by atoms with Crippen LogP contribution in [0.25, 0.3) is 32.7 Å². The lowest BCUT2D eigenvalue weighted by Gasteiger charge is -2.20. The lowest BCUT2D eigenvalue weighted by molar-refractivity contribution is -0.00000552. The summed E-state index contributed by atoms with van der Waals surface area (Å²) < 4.78 is 0. The third-order valence-corrected chi connectivity index (χ3v) is 10.3. The quantitative estimate of drug-likeness (QED) is 0.248. The molecule has 0 fully saturated rings. The second-order valence-corrected chi connectivity index (χ2v) is 11.9. The Bertz CT molecular complexity index is 1300. The third-order valence-electron chi connectivity index (χ3n) is 6.47. The third kappa shape index (κ3) is 2.83. The first kappa shape index (κ1) is 19.7. The number of rotatable bonds is 2. The summed E-state index contributed by atoms with van der Waals surface area (Å²) in [5.74, 6) is 0. The Kier molecular flexibility index (Phi) is 4.92. The van der Waals surface area contributed by atoms with Crippen LogP contribution < -0.4 is 34.6 Å². The van der Waals surface area contributed by atoms with Crippen LogP contribution in [0.1, 0.15) is 5.56 Å². The van der Waals surface area contributed by atoms with Gasteiger partial charge in [-0.3, -0.25) is 0 Å². The summed E-state index contributed by atoms with van der Waals surface area (Å²) in [6.07, 6.45) is 1.12. The van der Waals surface area contributed by atoms with Crippen LogP contribution >= 0.6 is 7.26 Å². The number of halogens is 1. The van der Waals surface area contributed by atoms with Gasteiger partial charge in [-0.05, 0) is 39.2 Å². The molecule has 0 radical (unpaired) electrons. The topological polar surface area (TPSA) is 0 Å². The lowest BCUT2D eigenvalue weighted by Crippen LogP contribution is -3.00. The molecular weight excluding hydrogens is 494 g/mol. The van der Waals surface area contributed by atoms with Gasteiger partial charge < -0.3 is 24.0 Å². The second kappa shape index (κ2) is 7.48. The fourth-order valence-corrected chi connectivity index (χ4v) is 8.92. The highest BCUT2D eigenvalue weighted by Gasteiger charge is 2.48. The first-order valence-corrected chi connectivity index (χ1v) is 12.6. The van der Waals surface area contributed by atoms with Crippen molar-refractivity contribution in [2.45, 2.75) is 6.16 Å². The molecule has 1 aliphatic heterocycles. The summed E-state index contributed by atoms with van der Waals surface area (Å²) in [6, 6.07) is 38.2. The van der Waals surface area contributed by atoms with Crippen molar-refractivity contribution in [1.29, 1.82) is 0 Å². The molecule has 30 heavy (non-hydrogen) atoms. The number of fused-ring (bicyclic) bond motifs is 7. The zero-order chi connectivity index (χ0) is 19.4. The minimum atomic E-state index is -1.53. The molecule has 0 amide bonds. The molecule has 6 rings (SSSR count). The van der Waals surface area contributed by atoms with Gasteiger partial charge in [0, 0.05) is 11.1 Å². The van der Waals surface area contributed by atoms with Gasteiger partial charge in [-0.1, -0.05) is 91.0 Å². The van der Waals surface area contributed by atoms with Crippen molar-refractivity contribution in [2.24, 2.45) is 0 Å². The summed E-state index contributed by atoms with van der Waals surface area (Å²) in [5, 5.41) is 8.56. The minimum absolute atomic E-state index is 0. The van der Waals surface area contributed by atoms with Crippen molar-refractivity contribution in [3.8, 4) is 11.1 Å². The van der Waals surface area contributed by atoms with Crippen LogP contribution in [0.2, 0.25) is 0 Å². The van der Waals surface area contributed by atoms with Crippen molar-refractivity contribution in [1.82, 2.24) is 0 Å². The van der Waals surface area contributed by atoms with Crippen molar-refractivity contribution in [3.63, 3.8) is 0 Å². The number of benzene rings is 5. The van der Waals surface area contributed by atoms with Gasteiger partial charge in [0.05, 0.1) is 20.1 Å². The second-order valence-electron chi connectivity index (χ2n) is 8.20. The largest absolute Gasteiger partial charge is 1.00 e. The summed E-state index contributed by atoms with van der Waals surface area (Å²) in [4.78, 5) is 0. The monoisotopic (exact) mass is 516 g/mol. The first-order chi connectivity index (χ1) is 14.3. The van der Waals surface area contributed by atoms with Crippen LogP contribution in [0.4, 0.5) is 0 Å². The van der Waals surface area contributed by atoms with Crippen LogP contribution in [0, 0.1) is 0 Å². The van der Waals surface area contributed by atoms with Crippen LogP contribution in [-0.2, 0) is 6.16 Å². The molecule has 1 aliphatic rings. The maximum atomic E-state index is 2.54. The summed E-state index contributed by atoms with van der Waals surface area (Å²) >= 11 is 0. The van der Waals surface area contributed by atoms with Crippen molar-refractivity contribution in [3.05, 3.63) is 109 Å². The molecule has 0 nitrogen and oxygen atoms in total. The smallest absolute Gasteiger partial charge is 0.108 e. The molecule has 0 unspecified atom stereocenters. The zero-order valence-corrected chi connectivity index (χ0v) is 19.9. The highest BCUT2D eigenvalue weighted by Crippen LogP contribution is 2.64. The molecule has 0 bridgehead atoms. The maximum Gasteiger partial charge on any atom is 0.108 e. The van der Waals surface area contributed by atoms with E-state index in [4.69, 9.17) is 0 Å². The Morgan fingerprint density at radius 3 is 1.53 bits per heavy atom. The van der Waals surface area contributed by atoms with Crippen molar-refractivity contribution >= 4 is 39.4 Å². The van der Waals surface area contributed by atoms with Gasteiger partial charge in [0.1, 0.15) is 10.6 Å². The zero-order valence-electron chi connectivity index (χ0n) is 16.8. The van der Waals surface area contributed by atoms with Gasteiger partial charge in [-0.25, -0.2) is 0 Å². The van der Waals surface area contributed by atoms with E-state index in [1.54, 1.807) is 10.6 Å². The Hall–Kier alpha value is -2.22. The molecule has 5 aromatic carbocycles. The van der Waals surface area contributed by atoms with E-state index in [2.05, 4.69) is 110 Å². The normalized spacial score (nSPS) is 13.6. The van der Waals surface area contributed by atoms with Gasteiger partial charge in [-0.15, -0.1) is 0 Å². The molecule has 146 valence electrons. The van der Waals surface area contributed by atoms with E-state index in [9.17, 15) is 0 Å². The number of hydrogen-bond donors (Lipinski definition) is 0. The Morgan fingerprint density at radius 2 is 1.00 bits per heavy atom. The van der Waals surface area contributed by atoms with E-state index in [1.807, 2.05) is 0 Å². The maximum absolute atomic E-state index is 2.54. The highest BCUT2D eigenvalue weighted by molar-refractivity contribution is 7.89. The van der Waals surface area contributed by atoms with Crippen LogP contribution in [0.5, 0.6) is 0 Å². The average molecular weight is 516 g/mol. The Morgan fingerprint density at radius 1 is 0.533 bits per heavy atom. The Labute approximate surface area is 195 Å². The van der Waals surface area contributed by atoms with E-state index in [-0.39, 0.29) is 24.0 Å². The molecule has 0 aromatic heterocycles. The molecule has 0 aliphatic carbocycles. The highest BCUT2D eigenvalue weighted by atomic mass is 127. The minimum Gasteiger partial charge on any atom is -1.00 e. The van der Waals surface area contributed by atoms with Gasteiger partial charge in [-0.2, -0.15) is 0 Å². The molecule has 0 spiro atoms. The molecule has 2 heteroatoms. The van der Waals surface area contributed by atoms with Gasteiger partial charge in [0.15, 0.2) is 0 Å². The van der Waals surface area contributed by atoms with Gasteiger partial charge in [0.25, 0.3) is 0 Å². The van der Waals surface area contributed by atoms with E-state index in [0.29, 0.717) is 0 Å². The van der Waals surface area contributed by atoms with Crippen molar-refractivity contribution in [2.75, 3.05) is 6.66 Å². The van der Waals surface area contributed by atoms with Gasteiger partial charge >= 0.3 is 0 Å². The molecule has 0 N–H and O–H groups in total. The fraction of sp³-hybridized carbons (Fsp3) is 0.0714. The van der Waals surface area contributed by atoms with Crippen molar-refractivity contribution < 1.29 is 24.0 Å². The van der Waals surface area contributed by atoms with Crippen LogP contribution in [-0.4, -0.2) is 6.66 Å². The lowest BCUT2D eigenvalue weighted by atomic mass is 9.94. The van der Waals surface area contributed by atoms with E-state index in [1.165, 1.54) is 38.2 Å². The Balaban J connectivity index is 0.00000193. The summed E-state index contributed by atoms with van der Waals surface area (Å²) in [5.41, 5.74) is 4.38. The molecule has 0 saturated heterocycles. The molecule has 0 saturated carbocycles. The number of hydrogen-bond acceptors (Lipinski definition) is 0. The van der Waals surface area contributed by atoms with E-state index < -0.39 is 7.26 Å². The standard InChI is InChI=1S/C28H22P.HI/c1-29(19-20-9-3-2-4-10-20)25-17-15-21-11-5-7-13-23(21)27(25)28-24-14-8-6-12-22(24)16-18-26(28)29;/h2-18H,19H2,1H3;1H/q+1;/p-1. The van der Waals surface area contributed by atoms with E-state index >= 15 is 0 Å². The molecule has 5 aromatic rings. The molecule has 1 heterocycles. The predicted octanol–water partition coefficient (Wildman–Crippen LogP) is 3.78. The van der Waals surface area contributed by atoms with E-state index in [0.717, 1.165) is 6.16 Å². The average Bonchev–Trinajstić information content (AvgIpc) is 3.03. The van der Waals surface area contributed by atoms with Crippen LogP contribution in [0.3, 0.4) is 0 Å². The molecule has 0 atom stereocenters. The predicted molar refractivity (Wildman–Crippen MR) is 129 cm³/mol. The summed E-state index contributed by atoms with van der Waals surface area (Å²) in [7, 11) is -1.53. The fourth-order valence-electron chi connectivity index (χ4n) is 5.12. The van der Waals surface area contributed by atoms with Crippen LogP contribution in [0.15, 0.2) is 103 Å². The SMILES string of the molecule is C[P+]1(Cc2ccccc2)c2ccc3ccccc3c2-c2c1ccc1ccccc21.[I-].